The van der Waals surface area contributed by atoms with Gasteiger partial charge in [0.05, 0.1) is 31.9 Å². The fourth-order valence-electron chi connectivity index (χ4n) is 5.20. The van der Waals surface area contributed by atoms with Crippen LogP contribution in [0.2, 0.25) is 0 Å². The Balaban J connectivity index is 1.86. The van der Waals surface area contributed by atoms with Gasteiger partial charge in [-0.3, -0.25) is 13.9 Å². The van der Waals surface area contributed by atoms with Gasteiger partial charge < -0.3 is 24.4 Å². The Kier molecular flexibility index (Phi) is 11.7. The third-order valence-corrected chi connectivity index (χ3v) is 9.31. The maximum Gasteiger partial charge on any atom is 0.264 e. The van der Waals surface area contributed by atoms with Gasteiger partial charge in [0.2, 0.25) is 11.8 Å². The molecule has 1 atom stereocenters. The van der Waals surface area contributed by atoms with Crippen LogP contribution in [0.5, 0.6) is 17.2 Å². The first kappa shape index (κ1) is 35.8. The van der Waals surface area contributed by atoms with Gasteiger partial charge in [-0.15, -0.1) is 0 Å². The molecule has 0 radical (unpaired) electrons. The minimum Gasteiger partial charge on any atom is -0.497 e. The molecule has 0 saturated heterocycles. The van der Waals surface area contributed by atoms with Crippen molar-refractivity contribution in [2.75, 3.05) is 32.2 Å². The van der Waals surface area contributed by atoms with Crippen LogP contribution in [-0.2, 0) is 32.6 Å². The van der Waals surface area contributed by atoms with Crippen LogP contribution in [0.4, 0.5) is 5.69 Å². The number of hydrogen-bond acceptors (Lipinski definition) is 7. The number of carbonyl (C=O) groups excluding carboxylic acids is 2. The van der Waals surface area contributed by atoms with Crippen LogP contribution < -0.4 is 23.8 Å². The highest BCUT2D eigenvalue weighted by atomic mass is 32.2. The molecular formula is C37H43N3O7S. The van der Waals surface area contributed by atoms with Crippen LogP contribution in [-0.4, -0.2) is 64.6 Å². The highest BCUT2D eigenvalue weighted by Crippen LogP contribution is 2.34. The van der Waals surface area contributed by atoms with E-state index in [9.17, 15) is 18.0 Å². The van der Waals surface area contributed by atoms with E-state index in [0.717, 1.165) is 9.87 Å². The maximum absolute atomic E-state index is 14.7. The molecular weight excluding hydrogens is 630 g/mol. The molecule has 0 aliphatic carbocycles. The number of rotatable bonds is 14. The van der Waals surface area contributed by atoms with Gasteiger partial charge in [0.15, 0.2) is 11.5 Å². The summed E-state index contributed by atoms with van der Waals surface area (Å²) in [7, 11) is 0.195. The van der Waals surface area contributed by atoms with Gasteiger partial charge in [0.25, 0.3) is 10.0 Å². The molecule has 0 saturated carbocycles. The average Bonchev–Trinajstić information content (AvgIpc) is 3.08. The number of sulfonamides is 1. The van der Waals surface area contributed by atoms with E-state index in [-0.39, 0.29) is 35.2 Å². The molecule has 0 aliphatic rings. The molecule has 2 amide bonds. The minimum atomic E-state index is -4.28. The molecule has 48 heavy (non-hydrogen) atoms. The fraction of sp³-hybridized carbons (Fsp3) is 0.297. The summed E-state index contributed by atoms with van der Waals surface area (Å²) in [5.74, 6) is 0.307. The Hall–Kier alpha value is -5.03. The molecule has 0 unspecified atom stereocenters. The summed E-state index contributed by atoms with van der Waals surface area (Å²) in [6.07, 6.45) is 0.195. The van der Waals surface area contributed by atoms with E-state index < -0.39 is 34.1 Å². The van der Waals surface area contributed by atoms with E-state index in [2.05, 4.69) is 5.32 Å². The standard InChI is InChI=1S/C37H43N3O7S/c1-37(2,3)38-36(42)32(23-27-14-9-7-10-15-27)39(25-28-16-13-17-30(22-28)45-4)35(41)26-40(48(43,44)31-18-11-8-12-19-31)29-20-21-33(46-5)34(24-29)47-6/h7-22,24,32H,23,25-26H2,1-6H3,(H,38,42)/t32-/m0/s1. The molecule has 4 rings (SSSR count). The summed E-state index contributed by atoms with van der Waals surface area (Å²) in [5, 5.41) is 3.03. The van der Waals surface area contributed by atoms with Crippen molar-refractivity contribution in [1.82, 2.24) is 10.2 Å². The lowest BCUT2D eigenvalue weighted by Crippen LogP contribution is -2.56. The van der Waals surface area contributed by atoms with Crippen molar-refractivity contribution in [3.05, 3.63) is 114 Å². The Bertz CT molecular complexity index is 1790. The molecule has 1 N–H and O–H groups in total. The largest absolute Gasteiger partial charge is 0.497 e. The second-order valence-electron chi connectivity index (χ2n) is 12.2. The number of amides is 2. The summed E-state index contributed by atoms with van der Waals surface area (Å²) in [6, 6.07) is 28.1. The van der Waals surface area contributed by atoms with Gasteiger partial charge in [-0.25, -0.2) is 8.42 Å². The van der Waals surface area contributed by atoms with E-state index >= 15 is 0 Å². The van der Waals surface area contributed by atoms with Crippen LogP contribution >= 0.6 is 0 Å². The van der Waals surface area contributed by atoms with Crippen molar-refractivity contribution in [2.24, 2.45) is 0 Å². The van der Waals surface area contributed by atoms with Gasteiger partial charge in [-0.05, 0) is 68.3 Å². The summed E-state index contributed by atoms with van der Waals surface area (Å²) in [5.41, 5.74) is 1.13. The molecule has 0 heterocycles. The van der Waals surface area contributed by atoms with Crippen molar-refractivity contribution in [3.8, 4) is 17.2 Å². The van der Waals surface area contributed by atoms with E-state index in [1.54, 1.807) is 55.6 Å². The Morgan fingerprint density at radius 2 is 1.38 bits per heavy atom. The maximum atomic E-state index is 14.7. The predicted molar refractivity (Wildman–Crippen MR) is 186 cm³/mol. The van der Waals surface area contributed by atoms with Crippen molar-refractivity contribution >= 4 is 27.5 Å². The van der Waals surface area contributed by atoms with Crippen molar-refractivity contribution in [2.45, 2.75) is 50.2 Å². The Morgan fingerprint density at radius 3 is 1.98 bits per heavy atom. The number of benzene rings is 4. The third kappa shape index (κ3) is 9.07. The molecule has 0 spiro atoms. The quantitative estimate of drug-likeness (QED) is 0.189. The summed E-state index contributed by atoms with van der Waals surface area (Å²) in [6.45, 7) is 5.00. The highest BCUT2D eigenvalue weighted by Gasteiger charge is 2.36. The molecule has 254 valence electrons. The number of ether oxygens (including phenoxy) is 3. The van der Waals surface area contributed by atoms with Gasteiger partial charge in [-0.1, -0.05) is 60.7 Å². The SMILES string of the molecule is COc1cccc(CN(C(=O)CN(c2ccc(OC)c(OC)c2)S(=O)(=O)c2ccccc2)[C@@H](Cc2ccccc2)C(=O)NC(C)(C)C)c1. The Morgan fingerprint density at radius 1 is 0.750 bits per heavy atom. The third-order valence-electron chi connectivity index (χ3n) is 7.52. The van der Waals surface area contributed by atoms with E-state index in [1.807, 2.05) is 57.2 Å². The van der Waals surface area contributed by atoms with E-state index in [0.29, 0.717) is 17.1 Å². The first-order valence-corrected chi connectivity index (χ1v) is 16.9. The van der Waals surface area contributed by atoms with E-state index in [1.165, 1.54) is 37.3 Å². The smallest absolute Gasteiger partial charge is 0.264 e. The zero-order chi connectivity index (χ0) is 34.9. The fourth-order valence-corrected chi connectivity index (χ4v) is 6.63. The minimum absolute atomic E-state index is 0.00163. The van der Waals surface area contributed by atoms with Crippen LogP contribution in [0.3, 0.4) is 0 Å². The molecule has 0 bridgehead atoms. The van der Waals surface area contributed by atoms with Gasteiger partial charge in [-0.2, -0.15) is 0 Å². The van der Waals surface area contributed by atoms with Crippen LogP contribution in [0.1, 0.15) is 31.9 Å². The summed E-state index contributed by atoms with van der Waals surface area (Å²) in [4.78, 5) is 30.2. The number of hydrogen-bond donors (Lipinski definition) is 1. The summed E-state index contributed by atoms with van der Waals surface area (Å²) < 4.78 is 45.8. The normalized spacial score (nSPS) is 12.0. The van der Waals surface area contributed by atoms with Crippen molar-refractivity contribution < 1.29 is 32.2 Å². The molecule has 4 aromatic carbocycles. The van der Waals surface area contributed by atoms with Crippen molar-refractivity contribution in [3.63, 3.8) is 0 Å². The second kappa shape index (κ2) is 15.7. The van der Waals surface area contributed by atoms with Gasteiger partial charge in [0, 0.05) is 24.6 Å². The van der Waals surface area contributed by atoms with Crippen LogP contribution in [0, 0.1) is 0 Å². The first-order chi connectivity index (χ1) is 22.9. The molecule has 10 nitrogen and oxygen atoms in total. The number of nitrogens with zero attached hydrogens (tertiary/aromatic N) is 2. The summed E-state index contributed by atoms with van der Waals surface area (Å²) >= 11 is 0. The molecule has 0 aliphatic heterocycles. The van der Waals surface area contributed by atoms with Crippen LogP contribution in [0.15, 0.2) is 108 Å². The molecule has 4 aromatic rings. The zero-order valence-corrected chi connectivity index (χ0v) is 29.0. The topological polar surface area (TPSA) is 114 Å². The molecule has 11 heteroatoms. The molecule has 0 aromatic heterocycles. The Labute approximate surface area is 283 Å². The number of methoxy groups -OCH3 is 3. The lowest BCUT2D eigenvalue weighted by atomic mass is 10.0. The lowest BCUT2D eigenvalue weighted by Gasteiger charge is -2.35. The average molecular weight is 674 g/mol. The predicted octanol–water partition coefficient (Wildman–Crippen LogP) is 5.46. The van der Waals surface area contributed by atoms with Gasteiger partial charge >= 0.3 is 0 Å². The second-order valence-corrected chi connectivity index (χ2v) is 14.0. The highest BCUT2D eigenvalue weighted by molar-refractivity contribution is 7.92. The van der Waals surface area contributed by atoms with Crippen molar-refractivity contribution in [1.29, 1.82) is 0 Å². The number of anilines is 1. The lowest BCUT2D eigenvalue weighted by molar-refractivity contribution is -0.140. The first-order valence-electron chi connectivity index (χ1n) is 15.4. The van der Waals surface area contributed by atoms with Gasteiger partial charge in [0.1, 0.15) is 18.3 Å². The molecule has 0 fully saturated rings. The zero-order valence-electron chi connectivity index (χ0n) is 28.2. The van der Waals surface area contributed by atoms with E-state index in [4.69, 9.17) is 14.2 Å². The number of nitrogens with one attached hydrogen (secondary N) is 1. The monoisotopic (exact) mass is 673 g/mol. The van der Waals surface area contributed by atoms with Crippen LogP contribution in [0.25, 0.3) is 0 Å². The number of carbonyl (C=O) groups is 2.